The highest BCUT2D eigenvalue weighted by molar-refractivity contribution is 6.15. The van der Waals surface area contributed by atoms with E-state index in [4.69, 9.17) is 0 Å². The fourth-order valence-corrected chi connectivity index (χ4v) is 3.19. The van der Waals surface area contributed by atoms with Crippen LogP contribution in [0.3, 0.4) is 0 Å². The van der Waals surface area contributed by atoms with E-state index in [0.29, 0.717) is 5.56 Å². The molecule has 0 heterocycles. The van der Waals surface area contributed by atoms with Crippen molar-refractivity contribution < 1.29 is 9.90 Å². The van der Waals surface area contributed by atoms with E-state index in [-0.39, 0.29) is 0 Å². The number of carbonyl (C=O) groups is 1. The maximum absolute atomic E-state index is 11.7. The van der Waals surface area contributed by atoms with Crippen molar-refractivity contribution in [2.75, 3.05) is 0 Å². The van der Waals surface area contributed by atoms with E-state index in [1.165, 1.54) is 0 Å². The van der Waals surface area contributed by atoms with Gasteiger partial charge in [0, 0.05) is 0 Å². The fourth-order valence-electron chi connectivity index (χ4n) is 3.19. The third-order valence-electron chi connectivity index (χ3n) is 4.20. The number of carboxylic acids is 1. The second-order valence-corrected chi connectivity index (χ2v) is 5.54. The molecule has 4 aromatic carbocycles. The number of aromatic carboxylic acids is 1. The zero-order valence-electron chi connectivity index (χ0n) is 12.4. The van der Waals surface area contributed by atoms with E-state index < -0.39 is 5.97 Å². The standard InChI is InChI=1S/C21H14O2/c22-21(23)19-12-6-5-11-18(19)20-16-9-3-1-7-14(16)13-15-8-2-4-10-17(15)20/h1-13H,(H,22,23). The normalized spacial score (nSPS) is 11.0. The summed E-state index contributed by atoms with van der Waals surface area (Å²) in [6.45, 7) is 0. The Morgan fingerprint density at radius 3 is 1.83 bits per heavy atom. The van der Waals surface area contributed by atoms with Gasteiger partial charge in [-0.15, -0.1) is 0 Å². The van der Waals surface area contributed by atoms with Gasteiger partial charge in [-0.3, -0.25) is 0 Å². The number of hydrogen-bond acceptors (Lipinski definition) is 1. The van der Waals surface area contributed by atoms with Gasteiger partial charge in [-0.05, 0) is 44.8 Å². The molecule has 4 aromatic rings. The van der Waals surface area contributed by atoms with E-state index in [2.05, 4.69) is 30.3 Å². The smallest absolute Gasteiger partial charge is 0.336 e. The van der Waals surface area contributed by atoms with Crippen LogP contribution in [0.1, 0.15) is 10.4 Å². The number of benzene rings is 4. The minimum atomic E-state index is -0.905. The summed E-state index contributed by atoms with van der Waals surface area (Å²) in [5.41, 5.74) is 2.07. The van der Waals surface area contributed by atoms with Crippen molar-refractivity contribution in [1.29, 1.82) is 0 Å². The maximum atomic E-state index is 11.7. The summed E-state index contributed by atoms with van der Waals surface area (Å²) in [4.78, 5) is 11.7. The van der Waals surface area contributed by atoms with Gasteiger partial charge in [0.1, 0.15) is 0 Å². The van der Waals surface area contributed by atoms with Gasteiger partial charge in [0.2, 0.25) is 0 Å². The first kappa shape index (κ1) is 13.5. The van der Waals surface area contributed by atoms with Crippen LogP contribution in [0, 0.1) is 0 Å². The van der Waals surface area contributed by atoms with Crippen molar-refractivity contribution in [3.05, 3.63) is 84.4 Å². The van der Waals surface area contributed by atoms with Gasteiger partial charge < -0.3 is 5.11 Å². The molecule has 0 radical (unpaired) electrons. The van der Waals surface area contributed by atoms with Crippen LogP contribution in [0.25, 0.3) is 32.7 Å². The molecule has 0 aliphatic rings. The van der Waals surface area contributed by atoms with Crippen LogP contribution in [0.5, 0.6) is 0 Å². The summed E-state index contributed by atoms with van der Waals surface area (Å²) in [6.07, 6.45) is 0. The van der Waals surface area contributed by atoms with E-state index in [9.17, 15) is 9.90 Å². The summed E-state index contributed by atoms with van der Waals surface area (Å²) >= 11 is 0. The molecule has 0 saturated heterocycles. The Kier molecular flexibility index (Phi) is 3.09. The van der Waals surface area contributed by atoms with Gasteiger partial charge in [-0.2, -0.15) is 0 Å². The molecule has 0 amide bonds. The van der Waals surface area contributed by atoms with Crippen molar-refractivity contribution in [1.82, 2.24) is 0 Å². The number of fused-ring (bicyclic) bond motifs is 2. The second-order valence-electron chi connectivity index (χ2n) is 5.54. The van der Waals surface area contributed by atoms with Crippen LogP contribution in [-0.4, -0.2) is 11.1 Å². The first-order chi connectivity index (χ1) is 11.3. The molecule has 0 atom stereocenters. The Hall–Kier alpha value is -3.13. The Morgan fingerprint density at radius 1 is 0.696 bits per heavy atom. The third kappa shape index (κ3) is 2.16. The SMILES string of the molecule is O=C(O)c1ccccc1-c1c2ccccc2cc2ccccc12. The van der Waals surface area contributed by atoms with Crippen molar-refractivity contribution >= 4 is 27.5 Å². The lowest BCUT2D eigenvalue weighted by Crippen LogP contribution is -1.99. The van der Waals surface area contributed by atoms with Crippen molar-refractivity contribution in [2.45, 2.75) is 0 Å². The van der Waals surface area contributed by atoms with Crippen molar-refractivity contribution in [2.24, 2.45) is 0 Å². The first-order valence-corrected chi connectivity index (χ1v) is 7.49. The minimum absolute atomic E-state index is 0.328. The van der Waals surface area contributed by atoms with E-state index in [1.807, 2.05) is 36.4 Å². The lowest BCUT2D eigenvalue weighted by molar-refractivity contribution is 0.0698. The quantitative estimate of drug-likeness (QED) is 0.506. The van der Waals surface area contributed by atoms with Crippen LogP contribution < -0.4 is 0 Å². The lowest BCUT2D eigenvalue weighted by Gasteiger charge is -2.14. The highest BCUT2D eigenvalue weighted by Gasteiger charge is 2.15. The van der Waals surface area contributed by atoms with Crippen molar-refractivity contribution in [3.63, 3.8) is 0 Å². The Morgan fingerprint density at radius 2 is 1.22 bits per heavy atom. The second kappa shape index (κ2) is 5.25. The molecule has 110 valence electrons. The molecule has 1 N–H and O–H groups in total. The Bertz CT molecular complexity index is 994. The molecule has 0 spiro atoms. The van der Waals surface area contributed by atoms with Crippen LogP contribution in [0.4, 0.5) is 0 Å². The summed E-state index contributed by atoms with van der Waals surface area (Å²) in [5, 5.41) is 13.9. The number of rotatable bonds is 2. The molecule has 23 heavy (non-hydrogen) atoms. The fraction of sp³-hybridized carbons (Fsp3) is 0. The Balaban J connectivity index is 2.23. The van der Waals surface area contributed by atoms with Crippen LogP contribution >= 0.6 is 0 Å². The summed E-state index contributed by atoms with van der Waals surface area (Å²) in [7, 11) is 0. The predicted octanol–water partition coefficient (Wildman–Crippen LogP) is 5.36. The molecule has 2 heteroatoms. The molecule has 0 aliphatic carbocycles. The monoisotopic (exact) mass is 298 g/mol. The summed E-state index contributed by atoms with van der Waals surface area (Å²) < 4.78 is 0. The third-order valence-corrected chi connectivity index (χ3v) is 4.20. The summed E-state index contributed by atoms with van der Waals surface area (Å²) in [6, 6.07) is 25.6. The average molecular weight is 298 g/mol. The van der Waals surface area contributed by atoms with Gasteiger partial charge in [-0.1, -0.05) is 66.7 Å². The molecule has 2 nitrogen and oxygen atoms in total. The van der Waals surface area contributed by atoms with Gasteiger partial charge in [0.15, 0.2) is 0 Å². The van der Waals surface area contributed by atoms with Gasteiger partial charge in [-0.25, -0.2) is 4.79 Å². The average Bonchev–Trinajstić information content (AvgIpc) is 2.59. The van der Waals surface area contributed by atoms with Gasteiger partial charge >= 0.3 is 5.97 Å². The van der Waals surface area contributed by atoms with Gasteiger partial charge in [0.05, 0.1) is 5.56 Å². The maximum Gasteiger partial charge on any atom is 0.336 e. The van der Waals surface area contributed by atoms with Crippen LogP contribution in [-0.2, 0) is 0 Å². The molecule has 0 bridgehead atoms. The zero-order valence-corrected chi connectivity index (χ0v) is 12.4. The topological polar surface area (TPSA) is 37.3 Å². The first-order valence-electron chi connectivity index (χ1n) is 7.49. The molecular weight excluding hydrogens is 284 g/mol. The lowest BCUT2D eigenvalue weighted by atomic mass is 9.90. The molecular formula is C21H14O2. The molecule has 0 aliphatic heterocycles. The Labute approximate surface area is 133 Å². The molecule has 0 fully saturated rings. The predicted molar refractivity (Wildman–Crippen MR) is 93.8 cm³/mol. The van der Waals surface area contributed by atoms with Crippen LogP contribution in [0.15, 0.2) is 78.9 Å². The van der Waals surface area contributed by atoms with Crippen molar-refractivity contribution in [3.8, 4) is 11.1 Å². The van der Waals surface area contributed by atoms with Crippen LogP contribution in [0.2, 0.25) is 0 Å². The number of hydrogen-bond donors (Lipinski definition) is 1. The molecule has 0 saturated carbocycles. The van der Waals surface area contributed by atoms with Gasteiger partial charge in [0.25, 0.3) is 0 Å². The highest BCUT2D eigenvalue weighted by Crippen LogP contribution is 2.37. The van der Waals surface area contributed by atoms with E-state index >= 15 is 0 Å². The van der Waals surface area contributed by atoms with E-state index in [0.717, 1.165) is 32.7 Å². The molecule has 0 aromatic heterocycles. The number of carboxylic acid groups (broad SMARTS) is 1. The largest absolute Gasteiger partial charge is 0.478 e. The minimum Gasteiger partial charge on any atom is -0.478 e. The highest BCUT2D eigenvalue weighted by atomic mass is 16.4. The zero-order chi connectivity index (χ0) is 15.8. The summed E-state index contributed by atoms with van der Waals surface area (Å²) in [5.74, 6) is -0.905. The van der Waals surface area contributed by atoms with E-state index in [1.54, 1.807) is 12.1 Å². The molecule has 4 rings (SSSR count). The molecule has 0 unspecified atom stereocenters.